The van der Waals surface area contributed by atoms with Gasteiger partial charge in [-0.2, -0.15) is 5.10 Å². The molecular weight excluding hydrogens is 308 g/mol. The van der Waals surface area contributed by atoms with E-state index in [4.69, 9.17) is 16.3 Å². The van der Waals surface area contributed by atoms with Crippen LogP contribution >= 0.6 is 11.6 Å². The summed E-state index contributed by atoms with van der Waals surface area (Å²) in [6.07, 6.45) is -0.0346. The summed E-state index contributed by atoms with van der Waals surface area (Å²) in [6, 6.07) is 5.12. The molecule has 118 valence electrons. The van der Waals surface area contributed by atoms with Crippen LogP contribution in [0.2, 0.25) is 5.02 Å². The summed E-state index contributed by atoms with van der Waals surface area (Å²) >= 11 is 6.00. The maximum atomic E-state index is 11.9. The Hall–Kier alpha value is -2.08. The van der Waals surface area contributed by atoms with E-state index < -0.39 is 17.5 Å². The summed E-state index contributed by atoms with van der Waals surface area (Å²) in [4.78, 5) is 23.6. The van der Waals surface area contributed by atoms with Crippen LogP contribution in [0.15, 0.2) is 23.3 Å². The number of aliphatic carboxylic acids is 1. The molecule has 0 fully saturated rings. The summed E-state index contributed by atoms with van der Waals surface area (Å²) in [5, 5.41) is 15.6. The van der Waals surface area contributed by atoms with Crippen molar-refractivity contribution in [3.8, 4) is 0 Å². The zero-order valence-electron chi connectivity index (χ0n) is 12.6. The third kappa shape index (κ3) is 2.78. The molecule has 6 nitrogen and oxygen atoms in total. The monoisotopic (exact) mass is 324 g/mol. The number of carboxylic acids is 1. The van der Waals surface area contributed by atoms with E-state index in [0.29, 0.717) is 10.7 Å². The molecule has 1 unspecified atom stereocenters. The molecule has 0 aliphatic carbocycles. The number of carbonyl (C=O) groups excluding carboxylic acids is 1. The molecule has 1 aromatic rings. The maximum absolute atomic E-state index is 11.9. The Kier molecular flexibility index (Phi) is 4.42. The minimum absolute atomic E-state index is 0.0346. The normalized spacial score (nSPS) is 20.7. The van der Waals surface area contributed by atoms with Gasteiger partial charge in [-0.05, 0) is 38.5 Å². The fourth-order valence-electron chi connectivity index (χ4n) is 2.29. The second-order valence-corrected chi connectivity index (χ2v) is 5.70. The van der Waals surface area contributed by atoms with E-state index in [1.807, 2.05) is 6.92 Å². The van der Waals surface area contributed by atoms with Crippen LogP contribution in [0, 0.1) is 6.92 Å². The maximum Gasteiger partial charge on any atom is 0.354 e. The smallest absolute Gasteiger partial charge is 0.354 e. The van der Waals surface area contributed by atoms with Crippen LogP contribution in [0.4, 0.5) is 5.69 Å². The van der Waals surface area contributed by atoms with Gasteiger partial charge in [0, 0.05) is 11.4 Å². The van der Waals surface area contributed by atoms with Gasteiger partial charge in [-0.25, -0.2) is 14.6 Å². The molecule has 1 heterocycles. The third-order valence-electron chi connectivity index (χ3n) is 3.57. The van der Waals surface area contributed by atoms with Crippen LogP contribution in [0.3, 0.4) is 0 Å². The lowest BCUT2D eigenvalue weighted by Crippen LogP contribution is -2.47. The number of esters is 1. The van der Waals surface area contributed by atoms with Gasteiger partial charge in [0.2, 0.25) is 0 Å². The van der Waals surface area contributed by atoms with Crippen LogP contribution in [0.25, 0.3) is 0 Å². The summed E-state index contributed by atoms with van der Waals surface area (Å²) in [5.41, 5.74) is 0.0888. The Bertz CT molecular complexity index is 659. The Morgan fingerprint density at radius 2 is 2.18 bits per heavy atom. The molecule has 1 atom stereocenters. The first-order valence-electron chi connectivity index (χ1n) is 6.84. The van der Waals surface area contributed by atoms with Gasteiger partial charge in [0.25, 0.3) is 0 Å². The first kappa shape index (κ1) is 16.3. The van der Waals surface area contributed by atoms with Gasteiger partial charge in [-0.1, -0.05) is 17.7 Å². The lowest BCUT2D eigenvalue weighted by Gasteiger charge is -2.31. The van der Waals surface area contributed by atoms with Crippen molar-refractivity contribution < 1.29 is 19.4 Å². The Morgan fingerprint density at radius 3 is 2.77 bits per heavy atom. The van der Waals surface area contributed by atoms with Gasteiger partial charge in [0.15, 0.2) is 5.54 Å². The second-order valence-electron chi connectivity index (χ2n) is 5.27. The van der Waals surface area contributed by atoms with Crippen molar-refractivity contribution in [2.75, 3.05) is 11.6 Å². The number of aryl methyl sites for hydroxylation is 1. The summed E-state index contributed by atoms with van der Waals surface area (Å²) in [5.74, 6) is -1.67. The molecule has 0 spiro atoms. The molecule has 7 heteroatoms. The van der Waals surface area contributed by atoms with Crippen molar-refractivity contribution in [1.29, 1.82) is 0 Å². The number of hydrogen-bond donors (Lipinski definition) is 1. The molecule has 1 aromatic carbocycles. The quantitative estimate of drug-likeness (QED) is 0.861. The second kappa shape index (κ2) is 5.96. The van der Waals surface area contributed by atoms with Crippen molar-refractivity contribution >= 4 is 34.9 Å². The molecule has 1 aliphatic heterocycles. The Labute approximate surface area is 133 Å². The topological polar surface area (TPSA) is 79.2 Å². The van der Waals surface area contributed by atoms with E-state index in [2.05, 4.69) is 5.10 Å². The highest BCUT2D eigenvalue weighted by molar-refractivity contribution is 6.38. The molecule has 1 aliphatic rings. The van der Waals surface area contributed by atoms with Crippen LogP contribution < -0.4 is 5.01 Å². The highest BCUT2D eigenvalue weighted by Gasteiger charge is 2.48. The number of benzene rings is 1. The number of hydrogen-bond acceptors (Lipinski definition) is 5. The molecule has 1 N–H and O–H groups in total. The van der Waals surface area contributed by atoms with Gasteiger partial charge < -0.3 is 9.84 Å². The summed E-state index contributed by atoms with van der Waals surface area (Å²) < 4.78 is 4.92. The average molecular weight is 325 g/mol. The first-order valence-corrected chi connectivity index (χ1v) is 7.21. The highest BCUT2D eigenvalue weighted by Crippen LogP contribution is 2.36. The molecule has 0 saturated carbocycles. The van der Waals surface area contributed by atoms with E-state index >= 15 is 0 Å². The number of carbonyl (C=O) groups is 2. The fourth-order valence-corrected chi connectivity index (χ4v) is 2.46. The highest BCUT2D eigenvalue weighted by atomic mass is 35.5. The van der Waals surface area contributed by atoms with Crippen LogP contribution in [0.5, 0.6) is 0 Å². The number of ether oxygens (including phenoxy) is 1. The lowest BCUT2D eigenvalue weighted by molar-refractivity contribution is -0.142. The molecule has 0 radical (unpaired) electrons. The fraction of sp³-hybridized carbons (Fsp3) is 0.400. The largest absolute Gasteiger partial charge is 0.479 e. The predicted octanol–water partition coefficient (Wildman–Crippen LogP) is 2.62. The van der Waals surface area contributed by atoms with Gasteiger partial charge >= 0.3 is 11.9 Å². The third-order valence-corrected chi connectivity index (χ3v) is 3.81. The van der Waals surface area contributed by atoms with Crippen molar-refractivity contribution in [3.05, 3.63) is 28.8 Å². The zero-order valence-corrected chi connectivity index (χ0v) is 13.3. The minimum atomic E-state index is -1.36. The number of hydrazone groups is 1. The van der Waals surface area contributed by atoms with E-state index in [1.165, 1.54) is 11.9 Å². The van der Waals surface area contributed by atoms with E-state index in [9.17, 15) is 14.7 Å². The van der Waals surface area contributed by atoms with Crippen LogP contribution in [0.1, 0.15) is 25.8 Å². The number of rotatable bonds is 4. The number of carboxylic acid groups (broad SMARTS) is 1. The lowest BCUT2D eigenvalue weighted by atomic mass is 9.95. The number of nitrogens with zero attached hydrogens (tertiary/aromatic N) is 2. The van der Waals surface area contributed by atoms with Crippen molar-refractivity contribution in [3.63, 3.8) is 0 Å². The zero-order chi connectivity index (χ0) is 16.5. The number of anilines is 1. The standard InChI is InChI=1S/C15H17ClN2O4/c1-4-22-13(19)11-8-15(3,14(20)21)18(17-11)12-7-10(16)6-5-9(12)2/h5-7H,4,8H2,1-3H3,(H,20,21). The molecule has 2 rings (SSSR count). The minimum Gasteiger partial charge on any atom is -0.479 e. The van der Waals surface area contributed by atoms with Crippen LogP contribution in [-0.2, 0) is 14.3 Å². The van der Waals surface area contributed by atoms with Crippen molar-refractivity contribution in [2.24, 2.45) is 5.10 Å². The van der Waals surface area contributed by atoms with E-state index in [-0.39, 0.29) is 18.7 Å². The van der Waals surface area contributed by atoms with E-state index in [1.54, 1.807) is 25.1 Å². The molecular formula is C15H17ClN2O4. The Balaban J connectivity index is 2.50. The van der Waals surface area contributed by atoms with Gasteiger partial charge in [0.1, 0.15) is 5.71 Å². The molecule has 0 amide bonds. The molecule has 0 saturated heterocycles. The van der Waals surface area contributed by atoms with E-state index in [0.717, 1.165) is 5.56 Å². The van der Waals surface area contributed by atoms with Crippen molar-refractivity contribution in [1.82, 2.24) is 0 Å². The van der Waals surface area contributed by atoms with Gasteiger partial charge in [-0.15, -0.1) is 0 Å². The average Bonchev–Trinajstić information content (AvgIpc) is 2.81. The Morgan fingerprint density at radius 1 is 1.50 bits per heavy atom. The first-order chi connectivity index (χ1) is 10.3. The molecule has 0 bridgehead atoms. The van der Waals surface area contributed by atoms with Gasteiger partial charge in [-0.3, -0.25) is 0 Å². The predicted molar refractivity (Wildman–Crippen MR) is 83.4 cm³/mol. The summed E-state index contributed by atoms with van der Waals surface area (Å²) in [7, 11) is 0. The SMILES string of the molecule is CCOC(=O)C1=NN(c2cc(Cl)ccc2C)C(C)(C(=O)O)C1. The van der Waals surface area contributed by atoms with Crippen LogP contribution in [-0.4, -0.2) is 34.9 Å². The van der Waals surface area contributed by atoms with Crippen molar-refractivity contribution in [2.45, 2.75) is 32.7 Å². The molecule has 22 heavy (non-hydrogen) atoms. The molecule has 0 aromatic heterocycles. The summed E-state index contributed by atoms with van der Waals surface area (Å²) in [6.45, 7) is 5.23. The van der Waals surface area contributed by atoms with Gasteiger partial charge in [0.05, 0.1) is 12.3 Å². The number of halogens is 1.